The first-order valence-electron chi connectivity index (χ1n) is 5.35. The number of carboxylic acid groups (broad SMARTS) is 1. The number of hydrogen-bond donors (Lipinski definition) is 1. The first kappa shape index (κ1) is 13.3. The highest BCUT2D eigenvalue weighted by atomic mass is 16.4. The molecule has 0 saturated heterocycles. The van der Waals surface area contributed by atoms with Gasteiger partial charge in [-0.2, -0.15) is 5.10 Å². The van der Waals surface area contributed by atoms with Crippen LogP contribution in [0.25, 0.3) is 0 Å². The zero-order valence-corrected chi connectivity index (χ0v) is 10.3. The maximum absolute atomic E-state index is 10.8. The predicted molar refractivity (Wildman–Crippen MR) is 64.4 cm³/mol. The van der Waals surface area contributed by atoms with E-state index in [4.69, 9.17) is 11.5 Å². The second-order valence-corrected chi connectivity index (χ2v) is 4.02. The Bertz CT molecular complexity index is 445. The van der Waals surface area contributed by atoms with Gasteiger partial charge in [0, 0.05) is 24.8 Å². The lowest BCUT2D eigenvalue weighted by molar-refractivity contribution is -0.138. The van der Waals surface area contributed by atoms with E-state index in [1.165, 1.54) is 0 Å². The van der Waals surface area contributed by atoms with Crippen LogP contribution in [0.4, 0.5) is 0 Å². The third kappa shape index (κ3) is 3.33. The van der Waals surface area contributed by atoms with Gasteiger partial charge in [-0.1, -0.05) is 5.92 Å². The highest BCUT2D eigenvalue weighted by Crippen LogP contribution is 2.21. The van der Waals surface area contributed by atoms with Crippen molar-refractivity contribution in [2.24, 2.45) is 7.05 Å². The summed E-state index contributed by atoms with van der Waals surface area (Å²) < 4.78 is 1.72. The van der Waals surface area contributed by atoms with E-state index >= 15 is 0 Å². The number of terminal acetylenes is 1. The fourth-order valence-corrected chi connectivity index (χ4v) is 1.85. The monoisotopic (exact) mass is 235 g/mol. The molecule has 0 aromatic carbocycles. The Balaban J connectivity index is 2.91. The second kappa shape index (κ2) is 5.51. The van der Waals surface area contributed by atoms with Gasteiger partial charge >= 0.3 is 5.97 Å². The minimum Gasteiger partial charge on any atom is -0.480 e. The number of rotatable bonds is 5. The number of hydrogen-bond acceptors (Lipinski definition) is 3. The SMILES string of the molecule is C#CCN(CC(=O)O)C(C)c1cn(C)nc1C. The molecule has 5 heteroatoms. The predicted octanol–water partition coefficient (Wildman–Crippen LogP) is 0.809. The van der Waals surface area contributed by atoms with Crippen molar-refractivity contribution >= 4 is 5.97 Å². The molecule has 0 spiro atoms. The topological polar surface area (TPSA) is 58.4 Å². The molecule has 17 heavy (non-hydrogen) atoms. The van der Waals surface area contributed by atoms with Gasteiger partial charge < -0.3 is 5.11 Å². The van der Waals surface area contributed by atoms with Crippen LogP contribution in [0.2, 0.25) is 0 Å². The molecular weight excluding hydrogens is 218 g/mol. The lowest BCUT2D eigenvalue weighted by Crippen LogP contribution is -2.32. The fraction of sp³-hybridized carbons (Fsp3) is 0.500. The molecule has 0 saturated carbocycles. The summed E-state index contributed by atoms with van der Waals surface area (Å²) in [6, 6.07) is -0.0594. The first-order chi connectivity index (χ1) is 7.95. The Morgan fingerprint density at radius 3 is 2.82 bits per heavy atom. The lowest BCUT2D eigenvalue weighted by atomic mass is 10.1. The Morgan fingerprint density at radius 2 is 2.41 bits per heavy atom. The molecule has 1 rings (SSSR count). The van der Waals surface area contributed by atoms with Gasteiger partial charge in [0.15, 0.2) is 0 Å². The van der Waals surface area contributed by atoms with Crippen LogP contribution >= 0.6 is 0 Å². The molecule has 5 nitrogen and oxygen atoms in total. The van der Waals surface area contributed by atoms with Crippen LogP contribution in [0.1, 0.15) is 24.2 Å². The Morgan fingerprint density at radius 1 is 1.76 bits per heavy atom. The minimum atomic E-state index is -0.881. The molecule has 0 radical (unpaired) electrons. The fourth-order valence-electron chi connectivity index (χ4n) is 1.85. The Kier molecular flexibility index (Phi) is 4.30. The zero-order valence-electron chi connectivity index (χ0n) is 10.3. The van der Waals surface area contributed by atoms with Crippen molar-refractivity contribution in [1.82, 2.24) is 14.7 Å². The van der Waals surface area contributed by atoms with Crippen LogP contribution < -0.4 is 0 Å². The van der Waals surface area contributed by atoms with Gasteiger partial charge in [-0.25, -0.2) is 0 Å². The highest BCUT2D eigenvalue weighted by Gasteiger charge is 2.20. The average molecular weight is 235 g/mol. The summed E-state index contributed by atoms with van der Waals surface area (Å²) in [6.07, 6.45) is 7.15. The molecule has 0 fully saturated rings. The summed E-state index contributed by atoms with van der Waals surface area (Å²) in [7, 11) is 1.84. The molecule has 1 atom stereocenters. The molecule has 1 aromatic rings. The van der Waals surface area contributed by atoms with Crippen molar-refractivity contribution in [1.29, 1.82) is 0 Å². The molecule has 0 aliphatic rings. The second-order valence-electron chi connectivity index (χ2n) is 4.02. The van der Waals surface area contributed by atoms with Crippen LogP contribution in [0.3, 0.4) is 0 Å². The third-order valence-electron chi connectivity index (χ3n) is 2.68. The molecule has 1 N–H and O–H groups in total. The molecule has 0 aliphatic heterocycles. The summed E-state index contributed by atoms with van der Waals surface area (Å²) in [5.74, 6) is 1.60. The van der Waals surface area contributed by atoms with E-state index in [2.05, 4.69) is 11.0 Å². The van der Waals surface area contributed by atoms with Crippen LogP contribution in [0, 0.1) is 19.3 Å². The number of aryl methyl sites for hydroxylation is 2. The number of aliphatic carboxylic acids is 1. The van der Waals surface area contributed by atoms with Crippen molar-refractivity contribution in [3.63, 3.8) is 0 Å². The minimum absolute atomic E-state index is 0.0594. The number of carbonyl (C=O) groups is 1. The van der Waals surface area contributed by atoms with Gasteiger partial charge in [-0.05, 0) is 13.8 Å². The molecule has 0 amide bonds. The van der Waals surface area contributed by atoms with E-state index in [1.54, 1.807) is 9.58 Å². The Hall–Kier alpha value is -1.80. The summed E-state index contributed by atoms with van der Waals surface area (Å²) in [6.45, 7) is 4.08. The van der Waals surface area contributed by atoms with E-state index in [1.807, 2.05) is 27.1 Å². The molecule has 1 aromatic heterocycles. The number of aromatic nitrogens is 2. The molecule has 0 aliphatic carbocycles. The van der Waals surface area contributed by atoms with Gasteiger partial charge in [0.1, 0.15) is 0 Å². The van der Waals surface area contributed by atoms with Gasteiger partial charge in [-0.15, -0.1) is 6.42 Å². The molecule has 1 heterocycles. The summed E-state index contributed by atoms with van der Waals surface area (Å²) in [5, 5.41) is 13.1. The largest absolute Gasteiger partial charge is 0.480 e. The highest BCUT2D eigenvalue weighted by molar-refractivity contribution is 5.69. The van der Waals surface area contributed by atoms with Crippen LogP contribution in [0.5, 0.6) is 0 Å². The molecule has 0 bridgehead atoms. The molecular formula is C12H17N3O2. The van der Waals surface area contributed by atoms with Crippen LogP contribution in [-0.4, -0.2) is 38.8 Å². The lowest BCUT2D eigenvalue weighted by Gasteiger charge is -2.25. The van der Waals surface area contributed by atoms with Gasteiger partial charge in [0.05, 0.1) is 18.8 Å². The van der Waals surface area contributed by atoms with E-state index in [0.29, 0.717) is 6.54 Å². The summed E-state index contributed by atoms with van der Waals surface area (Å²) in [4.78, 5) is 12.5. The standard InChI is InChI=1S/C12H17N3O2/c1-5-6-15(8-12(16)17)10(3)11-7-14(4)13-9(11)2/h1,7,10H,6,8H2,2-4H3,(H,16,17). The van der Waals surface area contributed by atoms with Crippen molar-refractivity contribution in [3.05, 3.63) is 17.5 Å². The summed E-state index contributed by atoms with van der Waals surface area (Å²) in [5.41, 5.74) is 1.90. The van der Waals surface area contributed by atoms with E-state index in [0.717, 1.165) is 11.3 Å². The third-order valence-corrected chi connectivity index (χ3v) is 2.68. The van der Waals surface area contributed by atoms with Crippen LogP contribution in [-0.2, 0) is 11.8 Å². The van der Waals surface area contributed by atoms with Gasteiger partial charge in [0.25, 0.3) is 0 Å². The maximum atomic E-state index is 10.8. The summed E-state index contributed by atoms with van der Waals surface area (Å²) >= 11 is 0. The van der Waals surface area contributed by atoms with Gasteiger partial charge in [0.2, 0.25) is 0 Å². The molecule has 1 unspecified atom stereocenters. The quantitative estimate of drug-likeness (QED) is 0.767. The van der Waals surface area contributed by atoms with E-state index in [9.17, 15) is 4.79 Å². The first-order valence-corrected chi connectivity index (χ1v) is 5.35. The van der Waals surface area contributed by atoms with Crippen LogP contribution in [0.15, 0.2) is 6.20 Å². The normalized spacial score (nSPS) is 12.4. The zero-order chi connectivity index (χ0) is 13.0. The maximum Gasteiger partial charge on any atom is 0.317 e. The van der Waals surface area contributed by atoms with Crippen molar-refractivity contribution < 1.29 is 9.90 Å². The smallest absolute Gasteiger partial charge is 0.317 e. The Labute approximate surface area is 101 Å². The van der Waals surface area contributed by atoms with Crippen molar-refractivity contribution in [2.75, 3.05) is 13.1 Å². The van der Waals surface area contributed by atoms with E-state index in [-0.39, 0.29) is 12.6 Å². The number of carboxylic acids is 1. The number of nitrogens with zero attached hydrogens (tertiary/aromatic N) is 3. The van der Waals surface area contributed by atoms with E-state index < -0.39 is 5.97 Å². The average Bonchev–Trinajstić information content (AvgIpc) is 2.55. The van der Waals surface area contributed by atoms with Gasteiger partial charge in [-0.3, -0.25) is 14.4 Å². The molecule has 92 valence electrons. The van der Waals surface area contributed by atoms with Crippen molar-refractivity contribution in [3.8, 4) is 12.3 Å². The van der Waals surface area contributed by atoms with Crippen molar-refractivity contribution in [2.45, 2.75) is 19.9 Å².